The lowest BCUT2D eigenvalue weighted by Gasteiger charge is -2.25. The zero-order valence-electron chi connectivity index (χ0n) is 22.8. The maximum Gasteiger partial charge on any atom is 0.243 e. The number of hydrogen-bond acceptors (Lipinski definition) is 6. The van der Waals surface area contributed by atoms with Gasteiger partial charge in [-0.05, 0) is 30.2 Å². The SMILES string of the molecule is CC(C)NCC(=O)N[C@@H](Cc1ccccc1)C(=O)N[C@@H](Cc1ccc(O)cc1)C(=O)N[C@@H](C)C(=O)C(C)C. The van der Waals surface area contributed by atoms with Gasteiger partial charge in [0.2, 0.25) is 17.7 Å². The normalized spacial score (nSPS) is 13.4. The molecule has 0 saturated carbocycles. The van der Waals surface area contributed by atoms with Gasteiger partial charge in [-0.15, -0.1) is 0 Å². The van der Waals surface area contributed by atoms with E-state index in [0.29, 0.717) is 5.56 Å². The maximum absolute atomic E-state index is 13.5. The average Bonchev–Trinajstić information content (AvgIpc) is 2.87. The second kappa shape index (κ2) is 14.9. The van der Waals surface area contributed by atoms with Crippen molar-refractivity contribution < 1.29 is 24.3 Å². The van der Waals surface area contributed by atoms with Gasteiger partial charge in [-0.3, -0.25) is 19.2 Å². The molecular weight excluding hydrogens is 484 g/mol. The smallest absolute Gasteiger partial charge is 0.243 e. The minimum Gasteiger partial charge on any atom is -0.508 e. The fraction of sp³-hybridized carbons (Fsp3) is 0.448. The third-order valence-corrected chi connectivity index (χ3v) is 5.97. The fourth-order valence-electron chi connectivity index (χ4n) is 3.84. The Kier molecular flexibility index (Phi) is 11.9. The molecule has 206 valence electrons. The molecule has 0 bridgehead atoms. The lowest BCUT2D eigenvalue weighted by atomic mass is 10.0. The summed E-state index contributed by atoms with van der Waals surface area (Å²) < 4.78 is 0. The molecule has 2 aromatic rings. The summed E-state index contributed by atoms with van der Waals surface area (Å²) in [5.74, 6) is -1.69. The van der Waals surface area contributed by atoms with E-state index < -0.39 is 29.9 Å². The van der Waals surface area contributed by atoms with Crippen molar-refractivity contribution >= 4 is 23.5 Å². The molecule has 9 heteroatoms. The predicted molar refractivity (Wildman–Crippen MR) is 146 cm³/mol. The minimum absolute atomic E-state index is 0.0441. The van der Waals surface area contributed by atoms with E-state index in [4.69, 9.17) is 0 Å². The van der Waals surface area contributed by atoms with Crippen molar-refractivity contribution in [1.29, 1.82) is 0 Å². The number of aromatic hydroxyl groups is 1. The first kappa shape index (κ1) is 30.5. The van der Waals surface area contributed by atoms with Crippen LogP contribution in [0.15, 0.2) is 54.6 Å². The summed E-state index contributed by atoms with van der Waals surface area (Å²) in [4.78, 5) is 51.7. The van der Waals surface area contributed by atoms with Gasteiger partial charge in [-0.25, -0.2) is 0 Å². The van der Waals surface area contributed by atoms with Gasteiger partial charge in [0.1, 0.15) is 17.8 Å². The summed E-state index contributed by atoms with van der Waals surface area (Å²) in [7, 11) is 0. The second-order valence-corrected chi connectivity index (χ2v) is 10.1. The number of Topliss-reactive ketones (excluding diaryl/α,β-unsaturated/α-hetero) is 1. The predicted octanol–water partition coefficient (Wildman–Crippen LogP) is 1.87. The highest BCUT2D eigenvalue weighted by atomic mass is 16.3. The molecule has 3 amide bonds. The first-order valence-electron chi connectivity index (χ1n) is 12.9. The Bertz CT molecular complexity index is 1070. The van der Waals surface area contributed by atoms with Gasteiger partial charge in [0.15, 0.2) is 5.78 Å². The van der Waals surface area contributed by atoms with Crippen molar-refractivity contribution in [2.24, 2.45) is 5.92 Å². The Labute approximate surface area is 224 Å². The van der Waals surface area contributed by atoms with Crippen molar-refractivity contribution in [2.75, 3.05) is 6.54 Å². The van der Waals surface area contributed by atoms with Gasteiger partial charge >= 0.3 is 0 Å². The van der Waals surface area contributed by atoms with E-state index in [1.54, 1.807) is 32.9 Å². The van der Waals surface area contributed by atoms with Crippen LogP contribution in [-0.4, -0.2) is 59.3 Å². The number of amides is 3. The first-order valence-corrected chi connectivity index (χ1v) is 12.9. The van der Waals surface area contributed by atoms with E-state index in [1.165, 1.54) is 12.1 Å². The van der Waals surface area contributed by atoms with Gasteiger partial charge in [-0.2, -0.15) is 0 Å². The van der Waals surface area contributed by atoms with Gasteiger partial charge in [0.25, 0.3) is 0 Å². The third-order valence-electron chi connectivity index (χ3n) is 5.97. The van der Waals surface area contributed by atoms with Gasteiger partial charge in [0, 0.05) is 24.8 Å². The summed E-state index contributed by atoms with van der Waals surface area (Å²) in [6.07, 6.45) is 0.358. The molecule has 0 saturated heterocycles. The molecule has 0 aliphatic rings. The molecule has 0 radical (unpaired) electrons. The van der Waals surface area contributed by atoms with Gasteiger partial charge in [0.05, 0.1) is 12.6 Å². The monoisotopic (exact) mass is 524 g/mol. The van der Waals surface area contributed by atoms with E-state index in [9.17, 15) is 24.3 Å². The number of hydrogen-bond donors (Lipinski definition) is 5. The van der Waals surface area contributed by atoms with Crippen LogP contribution in [-0.2, 0) is 32.0 Å². The molecule has 0 aliphatic heterocycles. The van der Waals surface area contributed by atoms with Crippen LogP contribution in [0.5, 0.6) is 5.75 Å². The number of ketones is 1. The lowest BCUT2D eigenvalue weighted by molar-refractivity contribution is -0.133. The van der Waals surface area contributed by atoms with Crippen molar-refractivity contribution in [1.82, 2.24) is 21.3 Å². The van der Waals surface area contributed by atoms with Crippen LogP contribution >= 0.6 is 0 Å². The van der Waals surface area contributed by atoms with E-state index in [0.717, 1.165) is 5.56 Å². The van der Waals surface area contributed by atoms with E-state index in [1.807, 2.05) is 44.2 Å². The van der Waals surface area contributed by atoms with Crippen LogP contribution in [0, 0.1) is 5.92 Å². The highest BCUT2D eigenvalue weighted by Gasteiger charge is 2.29. The Hall–Kier alpha value is -3.72. The molecule has 0 fully saturated rings. The van der Waals surface area contributed by atoms with E-state index >= 15 is 0 Å². The average molecular weight is 525 g/mol. The quantitative estimate of drug-likeness (QED) is 0.256. The molecule has 0 aliphatic carbocycles. The Morgan fingerprint density at radius 3 is 1.79 bits per heavy atom. The number of benzene rings is 2. The zero-order chi connectivity index (χ0) is 28.2. The Morgan fingerprint density at radius 1 is 0.711 bits per heavy atom. The van der Waals surface area contributed by atoms with Crippen molar-refractivity contribution in [3.63, 3.8) is 0 Å². The second-order valence-electron chi connectivity index (χ2n) is 10.1. The first-order chi connectivity index (χ1) is 18.0. The molecule has 0 aromatic heterocycles. The van der Waals surface area contributed by atoms with E-state index in [-0.39, 0.29) is 48.8 Å². The number of carbonyl (C=O) groups is 4. The minimum atomic E-state index is -1.02. The molecule has 0 heterocycles. The molecular formula is C29H40N4O5. The molecule has 0 spiro atoms. The summed E-state index contributed by atoms with van der Waals surface area (Å²) in [5, 5.41) is 20.9. The molecule has 3 atom stereocenters. The number of rotatable bonds is 14. The summed E-state index contributed by atoms with van der Waals surface area (Å²) >= 11 is 0. The largest absolute Gasteiger partial charge is 0.508 e. The van der Waals surface area contributed by atoms with Gasteiger partial charge in [-0.1, -0.05) is 70.2 Å². The van der Waals surface area contributed by atoms with Crippen molar-refractivity contribution in [3.05, 3.63) is 65.7 Å². The fourth-order valence-corrected chi connectivity index (χ4v) is 3.84. The molecule has 2 rings (SSSR count). The summed E-state index contributed by atoms with van der Waals surface area (Å²) in [5.41, 5.74) is 1.55. The van der Waals surface area contributed by atoms with Crippen LogP contribution in [0.25, 0.3) is 0 Å². The molecule has 38 heavy (non-hydrogen) atoms. The number of nitrogens with one attached hydrogen (secondary N) is 4. The Balaban J connectivity index is 2.26. The van der Waals surface area contributed by atoms with Crippen LogP contribution < -0.4 is 21.3 Å². The Morgan fingerprint density at radius 2 is 1.24 bits per heavy atom. The lowest BCUT2D eigenvalue weighted by Crippen LogP contribution is -2.57. The number of carbonyl (C=O) groups excluding carboxylic acids is 4. The highest BCUT2D eigenvalue weighted by molar-refractivity contribution is 5.95. The molecule has 9 nitrogen and oxygen atoms in total. The maximum atomic E-state index is 13.5. The van der Waals surface area contributed by atoms with Crippen LogP contribution in [0.3, 0.4) is 0 Å². The number of phenolic OH excluding ortho intramolecular Hbond substituents is 1. The number of phenols is 1. The summed E-state index contributed by atoms with van der Waals surface area (Å²) in [6.45, 7) is 9.00. The topological polar surface area (TPSA) is 137 Å². The molecule has 2 aromatic carbocycles. The van der Waals surface area contributed by atoms with Crippen LogP contribution in [0.4, 0.5) is 0 Å². The standard InChI is InChI=1S/C29H40N4O5/c1-18(2)27(36)20(5)31-28(37)25(16-22-11-13-23(34)14-12-22)33-29(38)24(15-21-9-7-6-8-10-21)32-26(35)17-30-19(3)4/h6-14,18-20,24-25,30,34H,15-17H2,1-5H3,(H,31,37)(H,32,35)(H,33,38)/t20-,24-,25-/m0/s1. The van der Waals surface area contributed by atoms with Crippen LogP contribution in [0.2, 0.25) is 0 Å². The van der Waals surface area contributed by atoms with Crippen LogP contribution in [0.1, 0.15) is 45.7 Å². The van der Waals surface area contributed by atoms with E-state index in [2.05, 4.69) is 21.3 Å². The molecule has 0 unspecified atom stereocenters. The third kappa shape index (κ3) is 10.3. The zero-order valence-corrected chi connectivity index (χ0v) is 22.8. The van der Waals surface area contributed by atoms with Crippen molar-refractivity contribution in [3.8, 4) is 5.75 Å². The molecule has 5 N–H and O–H groups in total. The highest BCUT2D eigenvalue weighted by Crippen LogP contribution is 2.12. The van der Waals surface area contributed by atoms with Crippen molar-refractivity contribution in [2.45, 2.75) is 71.6 Å². The van der Waals surface area contributed by atoms with Gasteiger partial charge < -0.3 is 26.4 Å². The summed E-state index contributed by atoms with van der Waals surface area (Å²) in [6, 6.07) is 13.0.